The van der Waals surface area contributed by atoms with E-state index in [1.165, 1.54) is 104 Å². The fourth-order valence-electron chi connectivity index (χ4n) is 6.76. The minimum absolute atomic E-state index is 0.0988. The van der Waals surface area contributed by atoms with Crippen molar-refractivity contribution >= 4 is 89.5 Å². The van der Waals surface area contributed by atoms with Gasteiger partial charge in [0, 0.05) is 0 Å². The molecule has 0 aliphatic heterocycles. The summed E-state index contributed by atoms with van der Waals surface area (Å²) < 4.78 is 21.4. The molecule has 7 nitrogen and oxygen atoms in total. The molecule has 2 aromatic heterocycles. The zero-order chi connectivity index (χ0) is 41.4. The SMILES string of the molecule is CCC[CH2][Sn]([CH2]CCC)([CH2]CCC)[c]1ccc(/C=C(/C#N)C(=O)OCC)s1.CCC[CH2][Sn]([CH2]CCC)([CH2]CCC)[c]1ccc(C=O)s1.CCOC(=O)CC#N. The van der Waals surface area contributed by atoms with Crippen LogP contribution in [0.15, 0.2) is 29.8 Å². The molecule has 308 valence electrons. The molecule has 0 aliphatic carbocycles. The molecule has 2 rings (SSSR count). The molecule has 0 aromatic carbocycles. The van der Waals surface area contributed by atoms with Gasteiger partial charge in [-0.3, -0.25) is 4.79 Å². The molecule has 0 amide bonds. The third-order valence-corrected chi connectivity index (χ3v) is 48.5. The summed E-state index contributed by atoms with van der Waals surface area (Å²) in [7, 11) is 0. The Labute approximate surface area is 351 Å². The normalized spacial score (nSPS) is 11.3. The predicted octanol–water partition coefficient (Wildman–Crippen LogP) is 12.4. The predicted molar refractivity (Wildman–Crippen MR) is 240 cm³/mol. The number of carbonyl (C=O) groups excluding carboxylic acids is 3. The van der Waals surface area contributed by atoms with Crippen LogP contribution in [0, 0.1) is 22.7 Å². The van der Waals surface area contributed by atoms with Crippen molar-refractivity contribution in [1.29, 1.82) is 10.5 Å². The Morgan fingerprint density at radius 1 is 0.618 bits per heavy atom. The minimum Gasteiger partial charge on any atom is -0.465 e. The Balaban J connectivity index is 0.000000910. The van der Waals surface area contributed by atoms with Crippen LogP contribution in [0.25, 0.3) is 6.08 Å². The van der Waals surface area contributed by atoms with Crippen LogP contribution >= 0.6 is 22.7 Å². The molecule has 11 heteroatoms. The third kappa shape index (κ3) is 21.1. The third-order valence-electron chi connectivity index (χ3n) is 9.90. The van der Waals surface area contributed by atoms with Crippen molar-refractivity contribution in [3.05, 3.63) is 39.6 Å². The van der Waals surface area contributed by atoms with Crippen molar-refractivity contribution in [2.24, 2.45) is 0 Å². The standard InChI is InChI=1S/C10H8NO2S.C5H7NO2.C5H3OS.6C4H9.2Sn/c1-2-13-10(12)8(7-11)6-9-4-3-5-14-9;1-2-8-5(7)3-4-6;6-4-5-2-1-3-7-5;6*1-3-4-2;;/h3-4,6H,2H2,1H3;2-3H2,1H3;1-2,4H;6*1,3-4H2,2H3;;/b8-6-;;;;;;;;;;. The van der Waals surface area contributed by atoms with Gasteiger partial charge < -0.3 is 4.74 Å². The Morgan fingerprint density at radius 3 is 1.31 bits per heavy atom. The summed E-state index contributed by atoms with van der Waals surface area (Å²) >= 11 is -1.02. The Hall–Kier alpha value is -1.67. The maximum atomic E-state index is 11.9. The molecular weight excluding hydrogens is 938 g/mol. The number of nitrogens with zero attached hydrogens (tertiary/aromatic N) is 2. The number of hydrogen-bond donors (Lipinski definition) is 0. The van der Waals surface area contributed by atoms with Crippen LogP contribution in [-0.2, 0) is 19.1 Å². The summed E-state index contributed by atoms with van der Waals surface area (Å²) in [5.74, 6) is -0.970. The van der Waals surface area contributed by atoms with Crippen molar-refractivity contribution < 1.29 is 23.9 Å². The van der Waals surface area contributed by atoms with Gasteiger partial charge in [-0.15, -0.1) is 0 Å². The second-order valence-electron chi connectivity index (χ2n) is 14.2. The molecule has 0 N–H and O–H groups in total. The van der Waals surface area contributed by atoms with E-state index >= 15 is 0 Å². The van der Waals surface area contributed by atoms with Crippen molar-refractivity contribution in [2.45, 2.75) is 165 Å². The second kappa shape index (κ2) is 33.3. The van der Waals surface area contributed by atoms with E-state index in [2.05, 4.69) is 70.5 Å². The zero-order valence-electron chi connectivity index (χ0n) is 35.6. The molecule has 0 bridgehead atoms. The fraction of sp³-hybridized carbons (Fsp3) is 0.659. The van der Waals surface area contributed by atoms with E-state index < -0.39 is 48.7 Å². The fourth-order valence-corrected chi connectivity index (χ4v) is 46.9. The summed E-state index contributed by atoms with van der Waals surface area (Å²) in [5, 5.41) is 17.2. The first-order valence-corrected chi connectivity index (χ1v) is 37.7. The minimum atomic E-state index is -2.43. The second-order valence-corrected chi connectivity index (χ2v) is 44.8. The van der Waals surface area contributed by atoms with Crippen molar-refractivity contribution in [3.63, 3.8) is 0 Å². The number of nitriles is 2. The maximum Gasteiger partial charge on any atom is 0.320 e. The van der Waals surface area contributed by atoms with Crippen LogP contribution in [0.2, 0.25) is 26.6 Å². The van der Waals surface area contributed by atoms with Crippen molar-refractivity contribution in [2.75, 3.05) is 13.2 Å². The van der Waals surface area contributed by atoms with Gasteiger partial charge in [-0.2, -0.15) is 5.26 Å². The number of thiophene rings is 2. The van der Waals surface area contributed by atoms with Crippen LogP contribution in [0.1, 0.15) is 153 Å². The van der Waals surface area contributed by atoms with Gasteiger partial charge >= 0.3 is 314 Å². The smallest absolute Gasteiger partial charge is 0.320 e. The topological polar surface area (TPSA) is 117 Å². The Kier molecular flexibility index (Phi) is 32.3. The Bertz CT molecular complexity index is 1410. The molecule has 0 saturated heterocycles. The van der Waals surface area contributed by atoms with Crippen LogP contribution in [-0.4, -0.2) is 68.2 Å². The monoisotopic (exact) mass is 1010 g/mol. The maximum absolute atomic E-state index is 11.9. The van der Waals surface area contributed by atoms with E-state index in [1.807, 2.05) is 28.7 Å². The molecule has 0 atom stereocenters. The van der Waals surface area contributed by atoms with Crippen molar-refractivity contribution in [3.8, 4) is 12.1 Å². The quantitative estimate of drug-likeness (QED) is 0.0303. The summed E-state index contributed by atoms with van der Waals surface area (Å²) in [6.45, 7) is 17.9. The Morgan fingerprint density at radius 2 is 1.00 bits per heavy atom. The van der Waals surface area contributed by atoms with Gasteiger partial charge in [0.1, 0.15) is 6.42 Å². The van der Waals surface area contributed by atoms with Gasteiger partial charge in [0.2, 0.25) is 0 Å². The van der Waals surface area contributed by atoms with Gasteiger partial charge in [-0.05, 0) is 6.92 Å². The summed E-state index contributed by atoms with van der Waals surface area (Å²) in [4.78, 5) is 35.1. The summed E-state index contributed by atoms with van der Waals surface area (Å²) in [6, 6.07) is 12.5. The van der Waals surface area contributed by atoms with E-state index in [4.69, 9.17) is 10.00 Å². The van der Waals surface area contributed by atoms with E-state index in [0.29, 0.717) is 6.61 Å². The van der Waals surface area contributed by atoms with E-state index in [-0.39, 0.29) is 18.6 Å². The largest absolute Gasteiger partial charge is 0.465 e. The number of unbranched alkanes of at least 4 members (excludes halogenated alkanes) is 6. The number of hydrogen-bond acceptors (Lipinski definition) is 9. The molecule has 55 heavy (non-hydrogen) atoms. The average Bonchev–Trinajstić information content (AvgIpc) is 3.89. The van der Waals surface area contributed by atoms with Crippen molar-refractivity contribution in [1.82, 2.24) is 0 Å². The zero-order valence-corrected chi connectivity index (χ0v) is 42.9. The van der Waals surface area contributed by atoms with Gasteiger partial charge in [-0.25, -0.2) is 0 Å². The molecule has 2 aromatic rings. The van der Waals surface area contributed by atoms with Gasteiger partial charge in [-0.1, -0.05) is 0 Å². The summed E-state index contributed by atoms with van der Waals surface area (Å²) in [6.07, 6.45) is 18.5. The van der Waals surface area contributed by atoms with Crippen LogP contribution in [0.4, 0.5) is 0 Å². The molecular formula is C44H72N2O5S2Sn2. The van der Waals surface area contributed by atoms with Gasteiger partial charge in [0.25, 0.3) is 0 Å². The number of carbonyl (C=O) groups is 3. The van der Waals surface area contributed by atoms with Gasteiger partial charge in [0.05, 0.1) is 12.7 Å². The molecule has 0 saturated carbocycles. The molecule has 0 unspecified atom stereocenters. The first kappa shape index (κ1) is 53.3. The van der Waals surface area contributed by atoms with E-state index in [9.17, 15) is 19.6 Å². The molecule has 0 spiro atoms. The van der Waals surface area contributed by atoms with E-state index in [1.54, 1.807) is 31.8 Å². The van der Waals surface area contributed by atoms with Crippen LogP contribution in [0.3, 0.4) is 0 Å². The molecule has 0 aliphatic rings. The van der Waals surface area contributed by atoms with Crippen LogP contribution in [0.5, 0.6) is 0 Å². The summed E-state index contributed by atoms with van der Waals surface area (Å²) in [5.41, 5.74) is 0.0988. The number of ether oxygens (including phenoxy) is 2. The number of esters is 2. The van der Waals surface area contributed by atoms with E-state index in [0.717, 1.165) is 16.0 Å². The first-order chi connectivity index (χ1) is 26.6. The van der Waals surface area contributed by atoms with Crippen LogP contribution < -0.4 is 5.79 Å². The number of rotatable bonds is 26. The molecule has 0 radical (unpaired) electrons. The molecule has 0 fully saturated rings. The first-order valence-electron chi connectivity index (χ1n) is 21.1. The average molecular weight is 1010 g/mol. The van der Waals surface area contributed by atoms with Gasteiger partial charge in [0.15, 0.2) is 0 Å². The molecule has 2 heterocycles. The number of aldehydes is 1.